The van der Waals surface area contributed by atoms with Gasteiger partial charge in [0.05, 0.1) is 6.20 Å². The Kier molecular flexibility index (Phi) is 3.47. The van der Waals surface area contributed by atoms with E-state index in [-0.39, 0.29) is 0 Å². The Labute approximate surface area is 102 Å². The van der Waals surface area contributed by atoms with E-state index in [1.54, 1.807) is 4.68 Å². The maximum atomic E-state index is 5.69. The second-order valence-corrected chi connectivity index (χ2v) is 4.53. The van der Waals surface area contributed by atoms with Crippen molar-refractivity contribution >= 4 is 0 Å². The van der Waals surface area contributed by atoms with Gasteiger partial charge in [0.2, 0.25) is 0 Å². The Morgan fingerprint density at radius 2 is 1.94 bits per heavy atom. The largest absolute Gasteiger partial charge is 0.489 e. The van der Waals surface area contributed by atoms with Gasteiger partial charge in [0.25, 0.3) is 0 Å². The van der Waals surface area contributed by atoms with Crippen LogP contribution in [0.4, 0.5) is 0 Å². The molecule has 0 bridgehead atoms. The highest BCUT2D eigenvalue weighted by Crippen LogP contribution is 2.19. The second kappa shape index (κ2) is 5.04. The molecule has 0 atom stereocenters. The molecule has 0 amide bonds. The molecule has 17 heavy (non-hydrogen) atoms. The average Bonchev–Trinajstić information content (AvgIpc) is 2.73. The molecule has 1 aromatic heterocycles. The average molecular weight is 230 g/mol. The molecule has 90 valence electrons. The first kappa shape index (κ1) is 11.7. The first-order valence-electron chi connectivity index (χ1n) is 5.85. The Hall–Kier alpha value is -1.77. The lowest BCUT2D eigenvalue weighted by Gasteiger charge is -2.08. The summed E-state index contributed by atoms with van der Waals surface area (Å²) in [7, 11) is 1.90. The van der Waals surface area contributed by atoms with Crippen LogP contribution in [0, 0.1) is 0 Å². The van der Waals surface area contributed by atoms with E-state index in [0.717, 1.165) is 11.3 Å². The van der Waals surface area contributed by atoms with Crippen LogP contribution >= 0.6 is 0 Å². The van der Waals surface area contributed by atoms with Crippen LogP contribution in [0.3, 0.4) is 0 Å². The third-order valence-electron chi connectivity index (χ3n) is 2.71. The van der Waals surface area contributed by atoms with Crippen LogP contribution in [0.25, 0.3) is 0 Å². The minimum absolute atomic E-state index is 0.558. The molecule has 2 rings (SSSR count). The van der Waals surface area contributed by atoms with Crippen LogP contribution in [0.2, 0.25) is 0 Å². The van der Waals surface area contributed by atoms with Crippen LogP contribution in [0.15, 0.2) is 36.7 Å². The standard InChI is InChI=1S/C14H18N2O/c1-11(2)13-4-6-14(7-5-13)17-10-12-8-15-16(3)9-12/h4-9,11H,10H2,1-3H3. The quantitative estimate of drug-likeness (QED) is 0.807. The molecule has 0 aliphatic carbocycles. The van der Waals surface area contributed by atoms with E-state index >= 15 is 0 Å². The maximum absolute atomic E-state index is 5.69. The highest BCUT2D eigenvalue weighted by Gasteiger charge is 2.01. The summed E-state index contributed by atoms with van der Waals surface area (Å²) in [6, 6.07) is 8.27. The molecule has 3 nitrogen and oxygen atoms in total. The fourth-order valence-corrected chi connectivity index (χ4v) is 1.66. The summed E-state index contributed by atoms with van der Waals surface area (Å²) in [4.78, 5) is 0. The topological polar surface area (TPSA) is 27.1 Å². The molecule has 3 heteroatoms. The monoisotopic (exact) mass is 230 g/mol. The van der Waals surface area contributed by atoms with Gasteiger partial charge in [-0.15, -0.1) is 0 Å². The van der Waals surface area contributed by atoms with E-state index in [9.17, 15) is 0 Å². The SMILES string of the molecule is CC(C)c1ccc(OCc2cnn(C)c2)cc1. The summed E-state index contributed by atoms with van der Waals surface area (Å²) in [6.07, 6.45) is 3.78. The van der Waals surface area contributed by atoms with Gasteiger partial charge in [0.15, 0.2) is 0 Å². The maximum Gasteiger partial charge on any atom is 0.119 e. The van der Waals surface area contributed by atoms with E-state index in [1.807, 2.05) is 31.6 Å². The van der Waals surface area contributed by atoms with Crippen molar-refractivity contribution in [2.24, 2.45) is 7.05 Å². The molecule has 0 saturated carbocycles. The second-order valence-electron chi connectivity index (χ2n) is 4.53. The minimum Gasteiger partial charge on any atom is -0.489 e. The third-order valence-corrected chi connectivity index (χ3v) is 2.71. The zero-order valence-electron chi connectivity index (χ0n) is 10.6. The van der Waals surface area contributed by atoms with Gasteiger partial charge in [-0.3, -0.25) is 4.68 Å². The molecular weight excluding hydrogens is 212 g/mol. The molecule has 0 N–H and O–H groups in total. The summed E-state index contributed by atoms with van der Waals surface area (Å²) in [5.41, 5.74) is 2.42. The number of ether oxygens (including phenoxy) is 1. The lowest BCUT2D eigenvalue weighted by molar-refractivity contribution is 0.306. The number of aryl methyl sites for hydroxylation is 1. The van der Waals surface area contributed by atoms with Gasteiger partial charge in [-0.05, 0) is 23.6 Å². The summed E-state index contributed by atoms with van der Waals surface area (Å²) >= 11 is 0. The number of hydrogen-bond donors (Lipinski definition) is 0. The highest BCUT2D eigenvalue weighted by molar-refractivity contribution is 5.29. The van der Waals surface area contributed by atoms with Crippen molar-refractivity contribution in [3.63, 3.8) is 0 Å². The van der Waals surface area contributed by atoms with E-state index in [1.165, 1.54) is 5.56 Å². The number of rotatable bonds is 4. The van der Waals surface area contributed by atoms with Crippen LogP contribution in [0.5, 0.6) is 5.75 Å². The number of nitrogens with zero attached hydrogens (tertiary/aromatic N) is 2. The summed E-state index contributed by atoms with van der Waals surface area (Å²) in [6.45, 7) is 4.94. The Bertz CT molecular complexity index is 471. The molecule has 0 aliphatic rings. The van der Waals surface area contributed by atoms with Gasteiger partial charge in [0.1, 0.15) is 12.4 Å². The van der Waals surface area contributed by atoms with Gasteiger partial charge in [-0.1, -0.05) is 26.0 Å². The van der Waals surface area contributed by atoms with E-state index < -0.39 is 0 Å². The molecule has 0 aliphatic heterocycles. The minimum atomic E-state index is 0.558. The first-order chi connectivity index (χ1) is 8.15. The van der Waals surface area contributed by atoms with Crippen molar-refractivity contribution in [3.05, 3.63) is 47.8 Å². The van der Waals surface area contributed by atoms with Gasteiger partial charge >= 0.3 is 0 Å². The Morgan fingerprint density at radius 1 is 1.24 bits per heavy atom. The van der Waals surface area contributed by atoms with Crippen LogP contribution in [-0.4, -0.2) is 9.78 Å². The highest BCUT2D eigenvalue weighted by atomic mass is 16.5. The molecule has 0 fully saturated rings. The van der Waals surface area contributed by atoms with Crippen molar-refractivity contribution in [1.29, 1.82) is 0 Å². The van der Waals surface area contributed by atoms with Gasteiger partial charge < -0.3 is 4.74 Å². The Morgan fingerprint density at radius 3 is 2.47 bits per heavy atom. The zero-order chi connectivity index (χ0) is 12.3. The predicted octanol–water partition coefficient (Wildman–Crippen LogP) is 3.12. The molecule has 0 radical (unpaired) electrons. The van der Waals surface area contributed by atoms with Crippen LogP contribution in [0.1, 0.15) is 30.9 Å². The number of aromatic nitrogens is 2. The van der Waals surface area contributed by atoms with E-state index in [2.05, 4.69) is 31.1 Å². The smallest absolute Gasteiger partial charge is 0.119 e. The molecule has 1 aromatic carbocycles. The summed E-state index contributed by atoms with van der Waals surface area (Å²) in [5, 5.41) is 4.10. The van der Waals surface area contributed by atoms with Crippen molar-refractivity contribution in [2.75, 3.05) is 0 Å². The van der Waals surface area contributed by atoms with Gasteiger partial charge in [-0.25, -0.2) is 0 Å². The summed E-state index contributed by atoms with van der Waals surface area (Å²) in [5.74, 6) is 1.46. The first-order valence-corrected chi connectivity index (χ1v) is 5.85. The molecule has 0 spiro atoms. The number of hydrogen-bond acceptors (Lipinski definition) is 2. The van der Waals surface area contributed by atoms with Crippen molar-refractivity contribution in [3.8, 4) is 5.75 Å². The Balaban J connectivity index is 1.95. The third kappa shape index (κ3) is 3.09. The lowest BCUT2D eigenvalue weighted by Crippen LogP contribution is -1.95. The summed E-state index contributed by atoms with van der Waals surface area (Å²) < 4.78 is 7.47. The fraction of sp³-hybridized carbons (Fsp3) is 0.357. The molecular formula is C14H18N2O. The molecule has 0 unspecified atom stereocenters. The van der Waals surface area contributed by atoms with Crippen LogP contribution in [-0.2, 0) is 13.7 Å². The predicted molar refractivity (Wildman–Crippen MR) is 68.1 cm³/mol. The number of benzene rings is 1. The van der Waals surface area contributed by atoms with Gasteiger partial charge in [-0.2, -0.15) is 5.10 Å². The normalized spacial score (nSPS) is 10.8. The van der Waals surface area contributed by atoms with Crippen molar-refractivity contribution in [1.82, 2.24) is 9.78 Å². The fourth-order valence-electron chi connectivity index (χ4n) is 1.66. The van der Waals surface area contributed by atoms with Crippen molar-refractivity contribution < 1.29 is 4.74 Å². The lowest BCUT2D eigenvalue weighted by atomic mass is 10.0. The van der Waals surface area contributed by atoms with E-state index in [0.29, 0.717) is 12.5 Å². The van der Waals surface area contributed by atoms with Crippen LogP contribution < -0.4 is 4.74 Å². The molecule has 2 aromatic rings. The molecule has 1 heterocycles. The van der Waals surface area contributed by atoms with Crippen molar-refractivity contribution in [2.45, 2.75) is 26.4 Å². The molecule has 0 saturated heterocycles. The zero-order valence-corrected chi connectivity index (χ0v) is 10.6. The van der Waals surface area contributed by atoms with Gasteiger partial charge in [0, 0.05) is 18.8 Å². The van der Waals surface area contributed by atoms with E-state index in [4.69, 9.17) is 4.74 Å².